The highest BCUT2D eigenvalue weighted by molar-refractivity contribution is 5.99. The molecular formula is C29H27FN6O. The zero-order valence-electron chi connectivity index (χ0n) is 20.2. The Morgan fingerprint density at radius 1 is 0.919 bits per heavy atom. The van der Waals surface area contributed by atoms with E-state index in [-0.39, 0.29) is 11.7 Å². The second-order valence-corrected chi connectivity index (χ2v) is 8.39. The zero-order valence-corrected chi connectivity index (χ0v) is 20.2. The van der Waals surface area contributed by atoms with Gasteiger partial charge in [-0.05, 0) is 54.4 Å². The van der Waals surface area contributed by atoms with E-state index in [2.05, 4.69) is 26.7 Å². The third-order valence-corrected chi connectivity index (χ3v) is 5.80. The molecule has 0 saturated heterocycles. The lowest BCUT2D eigenvalue weighted by atomic mass is 10.0. The van der Waals surface area contributed by atoms with E-state index in [1.807, 2.05) is 36.4 Å². The molecule has 4 rings (SSSR count). The Hall–Kier alpha value is -4.61. The summed E-state index contributed by atoms with van der Waals surface area (Å²) in [5.41, 5.74) is 10.3. The molecule has 0 aliphatic rings. The van der Waals surface area contributed by atoms with Crippen molar-refractivity contribution in [2.24, 2.45) is 5.73 Å². The van der Waals surface area contributed by atoms with E-state index in [1.165, 1.54) is 12.1 Å². The maximum absolute atomic E-state index is 13.6. The minimum atomic E-state index is -0.294. The van der Waals surface area contributed by atoms with Crippen molar-refractivity contribution in [1.29, 1.82) is 5.26 Å². The summed E-state index contributed by atoms with van der Waals surface area (Å²) in [5.74, 6) is -0.185. The maximum atomic E-state index is 13.6. The van der Waals surface area contributed by atoms with Gasteiger partial charge in [-0.3, -0.25) is 9.78 Å². The third-order valence-electron chi connectivity index (χ3n) is 5.80. The number of benzene rings is 2. The number of hydrogen-bond donors (Lipinski definition) is 3. The molecule has 8 heteroatoms. The third kappa shape index (κ3) is 6.75. The molecule has 0 radical (unpaired) electrons. The highest BCUT2D eigenvalue weighted by Crippen LogP contribution is 2.25. The molecule has 2 heterocycles. The van der Waals surface area contributed by atoms with Crippen molar-refractivity contribution < 1.29 is 9.18 Å². The normalized spacial score (nSPS) is 10.5. The molecule has 37 heavy (non-hydrogen) atoms. The number of nitrogens with one attached hydrogen (secondary N) is 2. The maximum Gasteiger partial charge on any atom is 0.255 e. The van der Waals surface area contributed by atoms with Gasteiger partial charge in [0, 0.05) is 37.3 Å². The monoisotopic (exact) mass is 494 g/mol. The molecule has 2 aromatic carbocycles. The number of hydrogen-bond acceptors (Lipinski definition) is 6. The Morgan fingerprint density at radius 3 is 2.54 bits per heavy atom. The largest absolute Gasteiger partial charge is 0.369 e. The van der Waals surface area contributed by atoms with Crippen LogP contribution in [0.5, 0.6) is 0 Å². The number of amides is 1. The molecule has 0 bridgehead atoms. The lowest BCUT2D eigenvalue weighted by Gasteiger charge is -2.14. The molecule has 186 valence electrons. The molecule has 0 spiro atoms. The molecule has 0 fully saturated rings. The summed E-state index contributed by atoms with van der Waals surface area (Å²) < 4.78 is 13.6. The quantitative estimate of drug-likeness (QED) is 0.304. The molecule has 4 N–H and O–H groups in total. The fourth-order valence-electron chi connectivity index (χ4n) is 3.93. The first kappa shape index (κ1) is 25.5. The molecule has 0 aliphatic carbocycles. The van der Waals surface area contributed by atoms with Gasteiger partial charge in [-0.2, -0.15) is 5.26 Å². The minimum absolute atomic E-state index is 0.282. The Bertz CT molecular complexity index is 1430. The van der Waals surface area contributed by atoms with Crippen LogP contribution in [0.2, 0.25) is 0 Å². The van der Waals surface area contributed by atoms with E-state index < -0.39 is 0 Å². The van der Waals surface area contributed by atoms with E-state index in [9.17, 15) is 14.4 Å². The fourth-order valence-corrected chi connectivity index (χ4v) is 3.93. The zero-order chi connectivity index (χ0) is 26.0. The van der Waals surface area contributed by atoms with Crippen molar-refractivity contribution in [3.05, 3.63) is 113 Å². The number of nitrogens with two attached hydrogens (primary N) is 1. The number of rotatable bonds is 10. The van der Waals surface area contributed by atoms with Crippen LogP contribution in [0.3, 0.4) is 0 Å². The topological polar surface area (TPSA) is 117 Å². The standard InChI is InChI=1S/C29H27FN6O/c30-22-7-3-5-20(17-22)13-15-33-28-26(11-12-27(36-28)25-10-2-1-6-21(25)18-31)29(37)34-16-14-23-8-4-9-24(19-32)35-23/h1-12,17H,13-16,19,32H2,(H,33,36)(H,34,37). The van der Waals surface area contributed by atoms with Gasteiger partial charge in [0.2, 0.25) is 0 Å². The first-order chi connectivity index (χ1) is 18.1. The van der Waals surface area contributed by atoms with Crippen LogP contribution in [0.25, 0.3) is 11.3 Å². The Balaban J connectivity index is 1.52. The number of nitrogens with zero attached hydrogens (tertiary/aromatic N) is 3. The Morgan fingerprint density at radius 2 is 1.73 bits per heavy atom. The Labute approximate surface area is 215 Å². The van der Waals surface area contributed by atoms with Gasteiger partial charge in [0.05, 0.1) is 28.6 Å². The lowest BCUT2D eigenvalue weighted by Crippen LogP contribution is -2.27. The first-order valence-corrected chi connectivity index (χ1v) is 12.0. The number of pyridine rings is 2. The van der Waals surface area contributed by atoms with Crippen molar-refractivity contribution in [3.63, 3.8) is 0 Å². The van der Waals surface area contributed by atoms with Crippen LogP contribution in [-0.2, 0) is 19.4 Å². The van der Waals surface area contributed by atoms with Crippen molar-refractivity contribution in [2.45, 2.75) is 19.4 Å². The van der Waals surface area contributed by atoms with Crippen LogP contribution in [0.15, 0.2) is 78.9 Å². The van der Waals surface area contributed by atoms with Crippen LogP contribution in [-0.4, -0.2) is 29.0 Å². The summed E-state index contributed by atoms with van der Waals surface area (Å²) in [6.45, 7) is 1.19. The first-order valence-electron chi connectivity index (χ1n) is 12.0. The summed E-state index contributed by atoms with van der Waals surface area (Å²) in [6, 6.07) is 24.8. The van der Waals surface area contributed by atoms with Gasteiger partial charge in [0.25, 0.3) is 5.91 Å². The van der Waals surface area contributed by atoms with Crippen molar-refractivity contribution in [3.8, 4) is 17.3 Å². The molecule has 0 unspecified atom stereocenters. The molecule has 1 amide bonds. The van der Waals surface area contributed by atoms with Crippen LogP contribution in [0.4, 0.5) is 10.2 Å². The van der Waals surface area contributed by atoms with E-state index in [0.717, 1.165) is 17.0 Å². The number of nitriles is 1. The summed E-state index contributed by atoms with van der Waals surface area (Å²) in [4.78, 5) is 22.2. The summed E-state index contributed by atoms with van der Waals surface area (Å²) in [6.07, 6.45) is 1.10. The van der Waals surface area contributed by atoms with Crippen LogP contribution in [0.1, 0.15) is 32.9 Å². The number of anilines is 1. The van der Waals surface area contributed by atoms with E-state index in [1.54, 1.807) is 30.3 Å². The summed E-state index contributed by atoms with van der Waals surface area (Å²) in [7, 11) is 0. The molecule has 0 saturated carbocycles. The lowest BCUT2D eigenvalue weighted by molar-refractivity contribution is 0.0954. The van der Waals surface area contributed by atoms with Gasteiger partial charge in [-0.15, -0.1) is 0 Å². The van der Waals surface area contributed by atoms with Crippen molar-refractivity contribution in [2.75, 3.05) is 18.4 Å². The van der Waals surface area contributed by atoms with Crippen LogP contribution in [0, 0.1) is 17.1 Å². The van der Waals surface area contributed by atoms with Gasteiger partial charge in [0.1, 0.15) is 11.6 Å². The van der Waals surface area contributed by atoms with Gasteiger partial charge in [-0.25, -0.2) is 9.37 Å². The number of carbonyl (C=O) groups is 1. The van der Waals surface area contributed by atoms with E-state index in [0.29, 0.717) is 60.7 Å². The molecule has 0 aliphatic heterocycles. The minimum Gasteiger partial charge on any atom is -0.369 e. The average molecular weight is 495 g/mol. The predicted molar refractivity (Wildman–Crippen MR) is 141 cm³/mol. The number of carbonyl (C=O) groups excluding carboxylic acids is 1. The molecule has 2 aromatic heterocycles. The van der Waals surface area contributed by atoms with Crippen molar-refractivity contribution >= 4 is 11.7 Å². The smallest absolute Gasteiger partial charge is 0.255 e. The van der Waals surface area contributed by atoms with Crippen LogP contribution < -0.4 is 16.4 Å². The number of halogens is 1. The van der Waals surface area contributed by atoms with Crippen LogP contribution >= 0.6 is 0 Å². The fraction of sp³-hybridized carbons (Fsp3) is 0.172. The predicted octanol–water partition coefficient (Wildman–Crippen LogP) is 4.24. The summed E-state index contributed by atoms with van der Waals surface area (Å²) >= 11 is 0. The van der Waals surface area contributed by atoms with Gasteiger partial charge in [0.15, 0.2) is 0 Å². The van der Waals surface area contributed by atoms with Gasteiger partial charge in [-0.1, -0.05) is 36.4 Å². The Kier molecular flexibility index (Phi) is 8.53. The molecule has 4 aromatic rings. The highest BCUT2D eigenvalue weighted by Gasteiger charge is 2.16. The van der Waals surface area contributed by atoms with E-state index >= 15 is 0 Å². The van der Waals surface area contributed by atoms with Crippen molar-refractivity contribution in [1.82, 2.24) is 15.3 Å². The number of aromatic nitrogens is 2. The molecule has 7 nitrogen and oxygen atoms in total. The van der Waals surface area contributed by atoms with E-state index in [4.69, 9.17) is 5.73 Å². The SMILES string of the molecule is N#Cc1ccccc1-c1ccc(C(=O)NCCc2cccc(CN)n2)c(NCCc2cccc(F)c2)n1. The summed E-state index contributed by atoms with van der Waals surface area (Å²) in [5, 5.41) is 15.7. The van der Waals surface area contributed by atoms with Gasteiger partial charge < -0.3 is 16.4 Å². The van der Waals surface area contributed by atoms with Gasteiger partial charge >= 0.3 is 0 Å². The second-order valence-electron chi connectivity index (χ2n) is 8.39. The second kappa shape index (κ2) is 12.4. The highest BCUT2D eigenvalue weighted by atomic mass is 19.1. The molecular weight excluding hydrogens is 467 g/mol. The molecule has 0 atom stereocenters. The average Bonchev–Trinajstić information content (AvgIpc) is 2.93.